The molecule has 0 aromatic heterocycles. The molecule has 0 radical (unpaired) electrons. The largest absolute Gasteiger partial charge is 0.484 e. The van der Waals surface area contributed by atoms with E-state index in [1.54, 1.807) is 36.4 Å². The summed E-state index contributed by atoms with van der Waals surface area (Å²) in [6, 6.07) is 12.1. The summed E-state index contributed by atoms with van der Waals surface area (Å²) in [5, 5.41) is 5.55. The fraction of sp³-hybridized carbons (Fsp3) is 0.391. The first-order chi connectivity index (χ1) is 15.4. The zero-order valence-corrected chi connectivity index (χ0v) is 18.6. The quantitative estimate of drug-likeness (QED) is 0.665. The topological polar surface area (TPSA) is 105 Å². The first kappa shape index (κ1) is 22.3. The summed E-state index contributed by atoms with van der Waals surface area (Å²) in [6.45, 7) is 0.969. The number of sulfonamides is 1. The van der Waals surface area contributed by atoms with Gasteiger partial charge in [0.15, 0.2) is 6.61 Å². The summed E-state index contributed by atoms with van der Waals surface area (Å²) in [6.07, 6.45) is 3.83. The van der Waals surface area contributed by atoms with Crippen LogP contribution in [-0.2, 0) is 32.6 Å². The highest BCUT2D eigenvalue weighted by Gasteiger charge is 2.28. The molecule has 2 heterocycles. The van der Waals surface area contributed by atoms with Crippen molar-refractivity contribution in [3.63, 3.8) is 0 Å². The zero-order chi connectivity index (χ0) is 22.6. The SMILES string of the molecule is O=C(COc1ccc2c(c1)CCC(=O)N2)NCc1ccccc1S(=O)(=O)N1CCCCC1. The van der Waals surface area contributed by atoms with Gasteiger partial charge < -0.3 is 15.4 Å². The number of aryl methyl sites for hydroxylation is 1. The molecule has 2 aromatic rings. The van der Waals surface area contributed by atoms with E-state index in [0.29, 0.717) is 37.2 Å². The van der Waals surface area contributed by atoms with E-state index < -0.39 is 10.0 Å². The molecule has 1 saturated heterocycles. The van der Waals surface area contributed by atoms with E-state index in [1.807, 2.05) is 6.07 Å². The van der Waals surface area contributed by atoms with Crippen molar-refractivity contribution in [1.29, 1.82) is 0 Å². The van der Waals surface area contributed by atoms with Crippen LogP contribution in [0.2, 0.25) is 0 Å². The van der Waals surface area contributed by atoms with Crippen LogP contribution in [0, 0.1) is 0 Å². The lowest BCUT2D eigenvalue weighted by Crippen LogP contribution is -2.36. The molecule has 1 fully saturated rings. The van der Waals surface area contributed by atoms with Crippen LogP contribution in [0.3, 0.4) is 0 Å². The second kappa shape index (κ2) is 9.70. The molecule has 2 aromatic carbocycles. The summed E-state index contributed by atoms with van der Waals surface area (Å²) in [5.74, 6) is 0.192. The molecule has 32 heavy (non-hydrogen) atoms. The fourth-order valence-electron chi connectivity index (χ4n) is 3.99. The van der Waals surface area contributed by atoms with E-state index in [-0.39, 0.29) is 29.9 Å². The molecule has 2 aliphatic rings. The highest BCUT2D eigenvalue weighted by Crippen LogP contribution is 2.27. The van der Waals surface area contributed by atoms with Crippen molar-refractivity contribution in [2.24, 2.45) is 0 Å². The van der Waals surface area contributed by atoms with Crippen LogP contribution in [0.5, 0.6) is 5.75 Å². The first-order valence-corrected chi connectivity index (χ1v) is 12.3. The maximum Gasteiger partial charge on any atom is 0.258 e. The molecule has 170 valence electrons. The van der Waals surface area contributed by atoms with Gasteiger partial charge in [-0.15, -0.1) is 0 Å². The van der Waals surface area contributed by atoms with Gasteiger partial charge in [-0.05, 0) is 54.7 Å². The van der Waals surface area contributed by atoms with E-state index in [1.165, 1.54) is 4.31 Å². The third kappa shape index (κ3) is 5.11. The van der Waals surface area contributed by atoms with Crippen molar-refractivity contribution >= 4 is 27.5 Å². The molecule has 0 unspecified atom stereocenters. The number of nitrogens with zero attached hydrogens (tertiary/aromatic N) is 1. The Morgan fingerprint density at radius 3 is 2.66 bits per heavy atom. The van der Waals surface area contributed by atoms with Crippen LogP contribution in [-0.4, -0.2) is 44.2 Å². The summed E-state index contributed by atoms with van der Waals surface area (Å²) in [5.41, 5.74) is 2.29. The van der Waals surface area contributed by atoms with Crippen LogP contribution in [0.1, 0.15) is 36.8 Å². The van der Waals surface area contributed by atoms with E-state index >= 15 is 0 Å². The number of fused-ring (bicyclic) bond motifs is 1. The van der Waals surface area contributed by atoms with Gasteiger partial charge in [-0.25, -0.2) is 8.42 Å². The minimum Gasteiger partial charge on any atom is -0.484 e. The molecule has 0 bridgehead atoms. The van der Waals surface area contributed by atoms with Crippen molar-refractivity contribution < 1.29 is 22.7 Å². The minimum absolute atomic E-state index is 0.00636. The van der Waals surface area contributed by atoms with Crippen LogP contribution in [0.4, 0.5) is 5.69 Å². The fourth-order valence-corrected chi connectivity index (χ4v) is 5.73. The summed E-state index contributed by atoms with van der Waals surface area (Å²) >= 11 is 0. The molecule has 4 rings (SSSR count). The number of carbonyl (C=O) groups is 2. The lowest BCUT2D eigenvalue weighted by atomic mass is 10.0. The molecule has 0 aliphatic carbocycles. The van der Waals surface area contributed by atoms with Crippen molar-refractivity contribution in [2.45, 2.75) is 43.5 Å². The number of nitrogens with one attached hydrogen (secondary N) is 2. The number of anilines is 1. The van der Waals surface area contributed by atoms with Gasteiger partial charge in [-0.3, -0.25) is 9.59 Å². The lowest BCUT2D eigenvalue weighted by molar-refractivity contribution is -0.123. The standard InChI is InChI=1S/C23H27N3O5S/c27-22-11-8-17-14-19(9-10-20(17)25-22)31-16-23(28)24-15-18-6-2-3-7-21(18)32(29,30)26-12-4-1-5-13-26/h2-3,6-7,9-10,14H,1,4-5,8,11-13,15-16H2,(H,24,28)(H,25,27). The molecule has 2 aliphatic heterocycles. The van der Waals surface area contributed by atoms with Gasteiger partial charge in [0.25, 0.3) is 5.91 Å². The van der Waals surface area contributed by atoms with Crippen molar-refractivity contribution in [3.05, 3.63) is 53.6 Å². The smallest absolute Gasteiger partial charge is 0.258 e. The predicted octanol–water partition coefficient (Wildman–Crippen LogP) is 2.44. The molecular weight excluding hydrogens is 430 g/mol. The van der Waals surface area contributed by atoms with Gasteiger partial charge in [0, 0.05) is 31.7 Å². The van der Waals surface area contributed by atoms with Crippen molar-refractivity contribution in [2.75, 3.05) is 25.0 Å². The highest BCUT2D eigenvalue weighted by atomic mass is 32.2. The number of carbonyl (C=O) groups excluding carboxylic acids is 2. The number of benzene rings is 2. The van der Waals surface area contributed by atoms with Crippen molar-refractivity contribution in [3.8, 4) is 5.75 Å². The Balaban J connectivity index is 1.35. The van der Waals surface area contributed by atoms with Crippen LogP contribution < -0.4 is 15.4 Å². The molecule has 2 N–H and O–H groups in total. The Hall–Kier alpha value is -2.91. The van der Waals surface area contributed by atoms with Crippen LogP contribution in [0.25, 0.3) is 0 Å². The molecule has 2 amide bonds. The molecule has 0 spiro atoms. The van der Waals surface area contributed by atoms with Gasteiger partial charge in [-0.2, -0.15) is 4.31 Å². The Morgan fingerprint density at radius 2 is 1.84 bits per heavy atom. The second-order valence-corrected chi connectivity index (χ2v) is 9.91. The van der Waals surface area contributed by atoms with Gasteiger partial charge >= 0.3 is 0 Å². The molecule has 0 saturated carbocycles. The third-order valence-electron chi connectivity index (χ3n) is 5.72. The number of hydrogen-bond donors (Lipinski definition) is 2. The Labute approximate surface area is 188 Å². The van der Waals surface area contributed by atoms with Gasteiger partial charge in [-0.1, -0.05) is 24.6 Å². The molecule has 8 nitrogen and oxygen atoms in total. The number of ether oxygens (including phenoxy) is 1. The van der Waals surface area contributed by atoms with Gasteiger partial charge in [0.1, 0.15) is 5.75 Å². The molecular formula is C23H27N3O5S. The van der Waals surface area contributed by atoms with Crippen molar-refractivity contribution in [1.82, 2.24) is 9.62 Å². The van der Waals surface area contributed by atoms with Gasteiger partial charge in [0.2, 0.25) is 15.9 Å². The summed E-state index contributed by atoms with van der Waals surface area (Å²) in [4.78, 5) is 24.0. The number of rotatable bonds is 7. The average molecular weight is 458 g/mol. The zero-order valence-electron chi connectivity index (χ0n) is 17.8. The number of amides is 2. The summed E-state index contributed by atoms with van der Waals surface area (Å²) in [7, 11) is -3.59. The maximum absolute atomic E-state index is 13.1. The molecule has 9 heteroatoms. The third-order valence-corrected chi connectivity index (χ3v) is 7.72. The predicted molar refractivity (Wildman–Crippen MR) is 120 cm³/mol. The van der Waals surface area contributed by atoms with E-state index in [2.05, 4.69) is 10.6 Å². The Morgan fingerprint density at radius 1 is 1.06 bits per heavy atom. The maximum atomic E-state index is 13.1. The normalized spacial score (nSPS) is 16.7. The highest BCUT2D eigenvalue weighted by molar-refractivity contribution is 7.89. The van der Waals surface area contributed by atoms with Crippen LogP contribution in [0.15, 0.2) is 47.4 Å². The Kier molecular flexibility index (Phi) is 6.76. The number of piperidine rings is 1. The Bertz CT molecular complexity index is 1110. The monoisotopic (exact) mass is 457 g/mol. The van der Waals surface area contributed by atoms with E-state index in [9.17, 15) is 18.0 Å². The first-order valence-electron chi connectivity index (χ1n) is 10.8. The van der Waals surface area contributed by atoms with E-state index in [4.69, 9.17) is 4.74 Å². The van der Waals surface area contributed by atoms with Gasteiger partial charge in [0.05, 0.1) is 4.90 Å². The lowest BCUT2D eigenvalue weighted by Gasteiger charge is -2.26. The molecule has 0 atom stereocenters. The van der Waals surface area contributed by atoms with Crippen LogP contribution >= 0.6 is 0 Å². The minimum atomic E-state index is -3.59. The number of hydrogen-bond acceptors (Lipinski definition) is 5. The second-order valence-electron chi connectivity index (χ2n) is 8.01. The van der Waals surface area contributed by atoms with E-state index in [0.717, 1.165) is 30.5 Å². The summed E-state index contributed by atoms with van der Waals surface area (Å²) < 4.78 is 33.2. The average Bonchev–Trinajstić information content (AvgIpc) is 2.82.